The Morgan fingerprint density at radius 1 is 1.21 bits per heavy atom. The number of benzene rings is 1. The molecular weight excluding hydrogens is 393 g/mol. The van der Waals surface area contributed by atoms with Gasteiger partial charge < -0.3 is 5.32 Å². The van der Waals surface area contributed by atoms with Crippen LogP contribution in [0.3, 0.4) is 0 Å². The highest BCUT2D eigenvalue weighted by molar-refractivity contribution is 9.13. The Hall–Kier alpha value is -0.230. The average Bonchev–Trinajstić information content (AvgIpc) is 2.63. The first-order chi connectivity index (χ1) is 8.93. The van der Waals surface area contributed by atoms with Crippen LogP contribution in [0.5, 0.6) is 0 Å². The molecular formula is C14H14Br2FNS. The fourth-order valence-electron chi connectivity index (χ4n) is 2.23. The molecule has 1 heterocycles. The van der Waals surface area contributed by atoms with Crippen molar-refractivity contribution in [3.63, 3.8) is 0 Å². The zero-order valence-corrected chi connectivity index (χ0v) is 14.8. The third kappa shape index (κ3) is 3.10. The van der Waals surface area contributed by atoms with E-state index in [1.54, 1.807) is 17.4 Å². The van der Waals surface area contributed by atoms with Gasteiger partial charge in [-0.3, -0.25) is 0 Å². The average molecular weight is 407 g/mol. The molecule has 1 N–H and O–H groups in total. The first kappa shape index (κ1) is 15.2. The minimum Gasteiger partial charge on any atom is -0.309 e. The predicted molar refractivity (Wildman–Crippen MR) is 86.5 cm³/mol. The molecule has 5 heteroatoms. The fourth-order valence-corrected chi connectivity index (χ4v) is 4.44. The largest absolute Gasteiger partial charge is 0.309 e. The zero-order valence-electron chi connectivity index (χ0n) is 10.9. The zero-order chi connectivity index (χ0) is 14.2. The minimum absolute atomic E-state index is 0.131. The number of hydrogen-bond donors (Lipinski definition) is 1. The number of halogens is 3. The van der Waals surface area contributed by atoms with E-state index >= 15 is 0 Å². The van der Waals surface area contributed by atoms with Crippen molar-refractivity contribution in [3.05, 3.63) is 53.8 Å². The van der Waals surface area contributed by atoms with Gasteiger partial charge in [-0.1, -0.05) is 6.07 Å². The van der Waals surface area contributed by atoms with Crippen LogP contribution in [-0.2, 0) is 0 Å². The maximum absolute atomic E-state index is 14.3. The van der Waals surface area contributed by atoms with Crippen LogP contribution in [0.15, 0.2) is 26.5 Å². The van der Waals surface area contributed by atoms with Gasteiger partial charge in [0, 0.05) is 14.9 Å². The molecule has 0 radical (unpaired) electrons. The molecule has 0 fully saturated rings. The second-order valence-corrected chi connectivity index (χ2v) is 7.73. The van der Waals surface area contributed by atoms with Crippen LogP contribution in [0.1, 0.15) is 27.6 Å². The quantitative estimate of drug-likeness (QED) is 0.725. The van der Waals surface area contributed by atoms with Crippen molar-refractivity contribution in [3.8, 4) is 0 Å². The van der Waals surface area contributed by atoms with Crippen LogP contribution < -0.4 is 5.32 Å². The van der Waals surface area contributed by atoms with E-state index in [1.165, 1.54) is 0 Å². The third-order valence-corrected chi connectivity index (χ3v) is 6.33. The van der Waals surface area contributed by atoms with Crippen LogP contribution in [0.25, 0.3) is 0 Å². The van der Waals surface area contributed by atoms with Crippen LogP contribution >= 0.6 is 43.2 Å². The Kier molecular flexibility index (Phi) is 4.82. The van der Waals surface area contributed by atoms with E-state index in [-0.39, 0.29) is 11.9 Å². The number of rotatable bonds is 3. The number of aryl methyl sites for hydroxylation is 2. The molecule has 0 aliphatic carbocycles. The van der Waals surface area contributed by atoms with Crippen molar-refractivity contribution in [1.29, 1.82) is 0 Å². The highest BCUT2D eigenvalue weighted by atomic mass is 79.9. The molecule has 2 rings (SSSR count). The monoisotopic (exact) mass is 405 g/mol. The van der Waals surface area contributed by atoms with E-state index in [2.05, 4.69) is 37.2 Å². The first-order valence-corrected chi connectivity index (χ1v) is 8.23. The molecule has 19 heavy (non-hydrogen) atoms. The predicted octanol–water partition coefficient (Wildman–Crippen LogP) is 5.34. The molecule has 1 aromatic heterocycles. The summed E-state index contributed by atoms with van der Waals surface area (Å²) in [6.45, 7) is 3.86. The van der Waals surface area contributed by atoms with Gasteiger partial charge in [0.1, 0.15) is 5.82 Å². The van der Waals surface area contributed by atoms with Gasteiger partial charge in [0.2, 0.25) is 0 Å². The smallest absolute Gasteiger partial charge is 0.128 e. The lowest BCUT2D eigenvalue weighted by atomic mass is 9.97. The van der Waals surface area contributed by atoms with Crippen molar-refractivity contribution < 1.29 is 4.39 Å². The lowest BCUT2D eigenvalue weighted by Crippen LogP contribution is -2.19. The van der Waals surface area contributed by atoms with E-state index in [1.807, 2.05) is 33.0 Å². The Bertz CT molecular complexity index is 567. The fraction of sp³-hybridized carbons (Fsp3) is 0.286. The molecule has 0 aliphatic rings. The maximum atomic E-state index is 14.3. The van der Waals surface area contributed by atoms with Crippen molar-refractivity contribution in [2.75, 3.05) is 7.05 Å². The third-order valence-electron chi connectivity index (χ3n) is 3.01. The van der Waals surface area contributed by atoms with Gasteiger partial charge in [-0.2, -0.15) is 0 Å². The number of thiophene rings is 1. The first-order valence-electron chi connectivity index (χ1n) is 5.82. The molecule has 102 valence electrons. The molecule has 2 aromatic rings. The van der Waals surface area contributed by atoms with Crippen molar-refractivity contribution in [1.82, 2.24) is 5.32 Å². The van der Waals surface area contributed by atoms with Gasteiger partial charge in [-0.25, -0.2) is 4.39 Å². The maximum Gasteiger partial charge on any atom is 0.128 e. The topological polar surface area (TPSA) is 12.0 Å². The molecule has 0 saturated carbocycles. The summed E-state index contributed by atoms with van der Waals surface area (Å²) >= 11 is 8.57. The summed E-state index contributed by atoms with van der Waals surface area (Å²) in [4.78, 5) is 1.08. The number of nitrogens with one attached hydrogen (secondary N) is 1. The molecule has 0 bridgehead atoms. The van der Waals surface area contributed by atoms with E-state index in [4.69, 9.17) is 0 Å². The SMILES string of the molecule is CNC(c1cc(Br)c(Br)s1)c1c(C)cc(C)cc1F. The normalized spacial score (nSPS) is 12.7. The van der Waals surface area contributed by atoms with E-state index in [9.17, 15) is 4.39 Å². The van der Waals surface area contributed by atoms with Crippen LogP contribution in [0.4, 0.5) is 4.39 Å². The van der Waals surface area contributed by atoms with Gasteiger partial charge in [0.05, 0.1) is 9.83 Å². The summed E-state index contributed by atoms with van der Waals surface area (Å²) in [5.41, 5.74) is 2.63. The molecule has 1 aromatic carbocycles. The van der Waals surface area contributed by atoms with Gasteiger partial charge in [-0.15, -0.1) is 11.3 Å². The van der Waals surface area contributed by atoms with E-state index < -0.39 is 0 Å². The Labute approximate surface area is 133 Å². The molecule has 0 saturated heterocycles. The number of hydrogen-bond acceptors (Lipinski definition) is 2. The second kappa shape index (κ2) is 6.04. The second-order valence-electron chi connectivity index (χ2n) is 4.47. The summed E-state index contributed by atoms with van der Waals surface area (Å²) in [6.07, 6.45) is 0. The Morgan fingerprint density at radius 3 is 2.37 bits per heavy atom. The summed E-state index contributed by atoms with van der Waals surface area (Å²) in [5.74, 6) is -0.155. The van der Waals surface area contributed by atoms with Crippen molar-refractivity contribution in [2.24, 2.45) is 0 Å². The molecule has 0 amide bonds. The summed E-state index contributed by atoms with van der Waals surface area (Å²) in [6, 6.07) is 5.49. The molecule has 1 nitrogen and oxygen atoms in total. The minimum atomic E-state index is -0.155. The molecule has 0 aliphatic heterocycles. The van der Waals surface area contributed by atoms with Gasteiger partial charge in [0.25, 0.3) is 0 Å². The standard InChI is InChI=1S/C14H14Br2FNS/c1-7-4-8(2)12(10(17)5-7)13(18-3)11-6-9(15)14(16)19-11/h4-6,13,18H,1-3H3. The van der Waals surface area contributed by atoms with Gasteiger partial charge in [-0.05, 0) is 76.0 Å². The molecule has 1 atom stereocenters. The van der Waals surface area contributed by atoms with Crippen molar-refractivity contribution in [2.45, 2.75) is 19.9 Å². The highest BCUT2D eigenvalue weighted by Crippen LogP contribution is 2.38. The van der Waals surface area contributed by atoms with Gasteiger partial charge in [0.15, 0.2) is 0 Å². The van der Waals surface area contributed by atoms with Crippen LogP contribution in [0, 0.1) is 19.7 Å². The lowest BCUT2D eigenvalue weighted by molar-refractivity contribution is 0.575. The van der Waals surface area contributed by atoms with E-state index in [0.717, 1.165) is 24.3 Å². The molecule has 1 unspecified atom stereocenters. The lowest BCUT2D eigenvalue weighted by Gasteiger charge is -2.19. The summed E-state index contributed by atoms with van der Waals surface area (Å²) in [7, 11) is 1.85. The van der Waals surface area contributed by atoms with E-state index in [0.29, 0.717) is 5.56 Å². The van der Waals surface area contributed by atoms with Crippen LogP contribution in [0.2, 0.25) is 0 Å². The van der Waals surface area contributed by atoms with Crippen molar-refractivity contribution >= 4 is 43.2 Å². The summed E-state index contributed by atoms with van der Waals surface area (Å²) in [5, 5.41) is 3.21. The Balaban J connectivity index is 2.54. The summed E-state index contributed by atoms with van der Waals surface area (Å²) < 4.78 is 16.3. The van der Waals surface area contributed by atoms with Gasteiger partial charge >= 0.3 is 0 Å². The molecule has 0 spiro atoms. The Morgan fingerprint density at radius 2 is 1.89 bits per heavy atom. The highest BCUT2D eigenvalue weighted by Gasteiger charge is 2.21. The van der Waals surface area contributed by atoms with Crippen LogP contribution in [-0.4, -0.2) is 7.05 Å².